The molecule has 0 unspecified atom stereocenters. The molecule has 0 fully saturated rings. The van der Waals surface area contributed by atoms with Gasteiger partial charge in [-0.25, -0.2) is 0 Å². The lowest BCUT2D eigenvalue weighted by Crippen LogP contribution is -2.10. The second-order valence-electron chi connectivity index (χ2n) is 20.6. The topological polar surface area (TPSA) is 9.72 Å². The largest absolute Gasteiger partial charge is 0.311 e. The lowest BCUT2D eigenvalue weighted by atomic mass is 9.99. The van der Waals surface area contributed by atoms with Crippen molar-refractivity contribution in [3.63, 3.8) is 0 Å². The van der Waals surface area contributed by atoms with Gasteiger partial charge in [0.05, 0.1) is 0 Å². The maximum absolute atomic E-state index is 2.39. The molecule has 0 spiro atoms. The van der Waals surface area contributed by atoms with Crippen LogP contribution in [0.4, 0.5) is 51.2 Å². The molecule has 0 radical (unpaired) electrons. The molecule has 0 bridgehead atoms. The van der Waals surface area contributed by atoms with Crippen LogP contribution in [-0.2, 0) is 0 Å². The van der Waals surface area contributed by atoms with E-state index in [9.17, 15) is 0 Å². The molecular formula is C78H55N3. The van der Waals surface area contributed by atoms with Crippen LogP contribution in [0, 0.1) is 0 Å². The Kier molecular flexibility index (Phi) is 13.0. The molecule has 0 aromatic heterocycles. The summed E-state index contributed by atoms with van der Waals surface area (Å²) in [5.74, 6) is 0. The van der Waals surface area contributed by atoms with Crippen LogP contribution < -0.4 is 14.7 Å². The first-order valence-corrected chi connectivity index (χ1v) is 27.7. The summed E-state index contributed by atoms with van der Waals surface area (Å²) in [5.41, 5.74) is 19.5. The summed E-state index contributed by atoms with van der Waals surface area (Å²) in [7, 11) is 0. The molecule has 81 heavy (non-hydrogen) atoms. The predicted molar refractivity (Wildman–Crippen MR) is 345 cm³/mol. The summed E-state index contributed by atoms with van der Waals surface area (Å²) in [5, 5.41) is 7.15. The van der Waals surface area contributed by atoms with E-state index in [1.807, 2.05) is 0 Å². The maximum atomic E-state index is 2.39. The molecule has 0 aliphatic carbocycles. The van der Waals surface area contributed by atoms with Crippen LogP contribution in [-0.4, -0.2) is 0 Å². The monoisotopic (exact) mass is 1030 g/mol. The highest BCUT2D eigenvalue weighted by Gasteiger charge is 2.18. The highest BCUT2D eigenvalue weighted by atomic mass is 15.2. The third kappa shape index (κ3) is 9.97. The Balaban J connectivity index is 0.750. The van der Waals surface area contributed by atoms with Crippen LogP contribution in [0.2, 0.25) is 0 Å². The van der Waals surface area contributed by atoms with E-state index in [4.69, 9.17) is 0 Å². The van der Waals surface area contributed by atoms with Crippen LogP contribution in [0.5, 0.6) is 0 Å². The molecule has 0 N–H and O–H groups in total. The second-order valence-corrected chi connectivity index (χ2v) is 20.6. The summed E-state index contributed by atoms with van der Waals surface area (Å²) in [6.45, 7) is 0. The SMILES string of the molecule is c1ccc(-c2ccc(N(c3ccccc3)c3ccc(-c4ccc5cc(N(c6ccc7ccccc7c6)c6ccc7cc(-c8ccc(N(c9ccccc9)c9ccc(-c%10ccccc%10)cc9)cc8)ccc7c6)ccc5c4)cc3)cc2)cc1. The van der Waals surface area contributed by atoms with Gasteiger partial charge in [0.15, 0.2) is 0 Å². The molecule has 0 heterocycles. The highest BCUT2D eigenvalue weighted by Crippen LogP contribution is 2.42. The molecule has 14 rings (SSSR count). The van der Waals surface area contributed by atoms with Crippen LogP contribution in [0.15, 0.2) is 334 Å². The van der Waals surface area contributed by atoms with E-state index in [0.29, 0.717) is 0 Å². The van der Waals surface area contributed by atoms with E-state index in [0.717, 1.165) is 51.2 Å². The van der Waals surface area contributed by atoms with Gasteiger partial charge in [-0.1, -0.05) is 212 Å². The highest BCUT2D eigenvalue weighted by molar-refractivity contribution is 5.97. The first kappa shape index (κ1) is 48.6. The fourth-order valence-corrected chi connectivity index (χ4v) is 11.4. The number of benzene rings is 14. The molecule has 0 atom stereocenters. The van der Waals surface area contributed by atoms with Gasteiger partial charge in [-0.2, -0.15) is 0 Å². The standard InChI is InChI=1S/C78H55N3/c1-5-15-56(16-6-1)59-29-40-72(41-30-59)79(70-21-9-3-10-22-70)74-44-33-61(34-45-74)64-25-27-68-54-77(49-38-66(68)51-64)81(76-48-37-58-19-13-14-20-63(58)53-76)78-50-39-67-52-65(26-28-69(67)55-78)62-35-46-75(47-36-62)80(71-23-11-4-12-24-71)73-42-31-60(32-43-73)57-17-7-2-8-18-57/h1-55H. The van der Waals surface area contributed by atoms with Crippen LogP contribution in [0.25, 0.3) is 76.8 Å². The van der Waals surface area contributed by atoms with Crippen LogP contribution in [0.1, 0.15) is 0 Å². The third-order valence-electron chi connectivity index (χ3n) is 15.6. The summed E-state index contributed by atoms with van der Waals surface area (Å²) in [6, 6.07) is 121. The quantitative estimate of drug-likeness (QED) is 0.114. The van der Waals surface area contributed by atoms with Crippen molar-refractivity contribution < 1.29 is 0 Å². The van der Waals surface area contributed by atoms with Gasteiger partial charge in [0, 0.05) is 51.2 Å². The van der Waals surface area contributed by atoms with Gasteiger partial charge in [0.1, 0.15) is 0 Å². The van der Waals surface area contributed by atoms with Crippen molar-refractivity contribution in [3.8, 4) is 44.5 Å². The van der Waals surface area contributed by atoms with Crippen molar-refractivity contribution >= 4 is 83.5 Å². The van der Waals surface area contributed by atoms with Crippen molar-refractivity contribution in [2.24, 2.45) is 0 Å². The summed E-state index contributed by atoms with van der Waals surface area (Å²) in [4.78, 5) is 7.04. The minimum atomic E-state index is 1.10. The fourth-order valence-electron chi connectivity index (χ4n) is 11.4. The van der Waals surface area contributed by atoms with E-state index in [1.54, 1.807) is 0 Å². The Labute approximate surface area is 473 Å². The zero-order valence-electron chi connectivity index (χ0n) is 44.6. The first-order chi connectivity index (χ1) is 40.1. The first-order valence-electron chi connectivity index (χ1n) is 27.7. The number of para-hydroxylation sites is 2. The summed E-state index contributed by atoms with van der Waals surface area (Å²) < 4.78 is 0. The molecule has 3 nitrogen and oxygen atoms in total. The fraction of sp³-hybridized carbons (Fsp3) is 0. The van der Waals surface area contributed by atoms with E-state index in [2.05, 4.69) is 348 Å². The second kappa shape index (κ2) is 21.6. The van der Waals surface area contributed by atoms with Gasteiger partial charge in [0.25, 0.3) is 0 Å². The van der Waals surface area contributed by atoms with Gasteiger partial charge in [-0.15, -0.1) is 0 Å². The number of hydrogen-bond acceptors (Lipinski definition) is 3. The number of fused-ring (bicyclic) bond motifs is 3. The lowest BCUT2D eigenvalue weighted by Gasteiger charge is -2.27. The Morgan fingerprint density at radius 2 is 0.333 bits per heavy atom. The lowest BCUT2D eigenvalue weighted by molar-refractivity contribution is 1.28. The molecule has 0 aliphatic rings. The van der Waals surface area contributed by atoms with Crippen LogP contribution >= 0.6 is 0 Å². The smallest absolute Gasteiger partial charge is 0.0468 e. The van der Waals surface area contributed by atoms with Gasteiger partial charge in [-0.3, -0.25) is 0 Å². The van der Waals surface area contributed by atoms with Gasteiger partial charge in [-0.05, 0) is 198 Å². The number of nitrogens with zero attached hydrogens (tertiary/aromatic N) is 3. The van der Waals surface area contributed by atoms with E-state index < -0.39 is 0 Å². The molecule has 0 saturated heterocycles. The Bertz CT molecular complexity index is 4220. The van der Waals surface area contributed by atoms with Gasteiger partial charge >= 0.3 is 0 Å². The van der Waals surface area contributed by atoms with Crippen molar-refractivity contribution in [3.05, 3.63) is 334 Å². The molecule has 0 saturated carbocycles. The number of hydrogen-bond donors (Lipinski definition) is 0. The molecule has 0 aliphatic heterocycles. The minimum absolute atomic E-state index is 1.10. The zero-order valence-corrected chi connectivity index (χ0v) is 44.6. The summed E-state index contributed by atoms with van der Waals surface area (Å²) >= 11 is 0. The number of anilines is 9. The Morgan fingerprint density at radius 3 is 0.704 bits per heavy atom. The average Bonchev–Trinajstić information content (AvgIpc) is 3.55. The normalized spacial score (nSPS) is 11.2. The van der Waals surface area contributed by atoms with Crippen molar-refractivity contribution in [1.29, 1.82) is 0 Å². The van der Waals surface area contributed by atoms with Crippen molar-refractivity contribution in [1.82, 2.24) is 0 Å². The summed E-state index contributed by atoms with van der Waals surface area (Å²) in [6.07, 6.45) is 0. The third-order valence-corrected chi connectivity index (χ3v) is 15.6. The molecular weight excluding hydrogens is 979 g/mol. The predicted octanol–water partition coefficient (Wildman–Crippen LogP) is 22.2. The van der Waals surface area contributed by atoms with Crippen molar-refractivity contribution in [2.45, 2.75) is 0 Å². The van der Waals surface area contributed by atoms with E-state index in [1.165, 1.54) is 76.8 Å². The molecule has 0 amide bonds. The molecule has 14 aromatic carbocycles. The Hall–Kier alpha value is -10.7. The molecule has 3 heteroatoms. The van der Waals surface area contributed by atoms with E-state index >= 15 is 0 Å². The zero-order chi connectivity index (χ0) is 53.9. The van der Waals surface area contributed by atoms with Crippen molar-refractivity contribution in [2.75, 3.05) is 14.7 Å². The molecule has 14 aromatic rings. The van der Waals surface area contributed by atoms with E-state index in [-0.39, 0.29) is 0 Å². The number of rotatable bonds is 13. The Morgan fingerprint density at radius 1 is 0.123 bits per heavy atom. The molecule has 382 valence electrons. The minimum Gasteiger partial charge on any atom is -0.311 e. The average molecular weight is 1030 g/mol. The maximum Gasteiger partial charge on any atom is 0.0468 e. The van der Waals surface area contributed by atoms with Crippen LogP contribution in [0.3, 0.4) is 0 Å². The van der Waals surface area contributed by atoms with Gasteiger partial charge in [0.2, 0.25) is 0 Å². The van der Waals surface area contributed by atoms with Gasteiger partial charge < -0.3 is 14.7 Å².